The van der Waals surface area contributed by atoms with E-state index in [1.54, 1.807) is 18.2 Å². The van der Waals surface area contributed by atoms with Crippen LogP contribution in [-0.4, -0.2) is 11.5 Å². The molecule has 0 heterocycles. The fourth-order valence-electron chi connectivity index (χ4n) is 1.89. The van der Waals surface area contributed by atoms with Gasteiger partial charge in [0.05, 0.1) is 5.75 Å². The summed E-state index contributed by atoms with van der Waals surface area (Å²) in [6.45, 7) is 2.20. The van der Waals surface area contributed by atoms with E-state index < -0.39 is 0 Å². The zero-order valence-corrected chi connectivity index (χ0v) is 12.5. The first-order valence-corrected chi connectivity index (χ1v) is 8.11. The second-order valence-corrected chi connectivity index (χ2v) is 5.79. The molecule has 0 N–H and O–H groups in total. The van der Waals surface area contributed by atoms with Crippen LogP contribution < -0.4 is 0 Å². The van der Waals surface area contributed by atoms with Crippen LogP contribution >= 0.6 is 11.8 Å². The number of hydrogen-bond donors (Lipinski definition) is 0. The van der Waals surface area contributed by atoms with E-state index in [2.05, 4.69) is 6.92 Å². The zero-order chi connectivity index (χ0) is 13.9. The summed E-state index contributed by atoms with van der Waals surface area (Å²) >= 11 is 1.30. The zero-order valence-electron chi connectivity index (χ0n) is 11.7. The number of carbonyl (C=O) groups is 1. The second kappa shape index (κ2) is 10.0. The second-order valence-electron chi connectivity index (χ2n) is 4.78. The SMILES string of the molecule is CCCCCCCCC(=O)CSc1ccccc1F. The van der Waals surface area contributed by atoms with Crippen LogP contribution in [0.2, 0.25) is 0 Å². The minimum absolute atomic E-state index is 0.226. The van der Waals surface area contributed by atoms with Crippen molar-refractivity contribution >= 4 is 17.5 Å². The lowest BCUT2D eigenvalue weighted by Gasteiger charge is -2.03. The van der Waals surface area contributed by atoms with Gasteiger partial charge in [-0.25, -0.2) is 4.39 Å². The van der Waals surface area contributed by atoms with Gasteiger partial charge in [-0.2, -0.15) is 0 Å². The molecular weight excluding hydrogens is 259 g/mol. The van der Waals surface area contributed by atoms with Crippen molar-refractivity contribution in [1.82, 2.24) is 0 Å². The Labute approximate surface area is 120 Å². The Hall–Kier alpha value is -0.830. The maximum atomic E-state index is 13.3. The van der Waals surface area contributed by atoms with Gasteiger partial charge in [0.15, 0.2) is 0 Å². The van der Waals surface area contributed by atoms with Crippen LogP contribution in [0.3, 0.4) is 0 Å². The van der Waals surface area contributed by atoms with E-state index in [4.69, 9.17) is 0 Å². The lowest BCUT2D eigenvalue weighted by molar-refractivity contribution is -0.116. The number of thioether (sulfide) groups is 1. The molecule has 0 atom stereocenters. The first-order chi connectivity index (χ1) is 9.24. The molecular formula is C16H23FOS. The van der Waals surface area contributed by atoms with Crippen molar-refractivity contribution < 1.29 is 9.18 Å². The van der Waals surface area contributed by atoms with Gasteiger partial charge in [0, 0.05) is 11.3 Å². The topological polar surface area (TPSA) is 17.1 Å². The fraction of sp³-hybridized carbons (Fsp3) is 0.562. The van der Waals surface area contributed by atoms with Gasteiger partial charge in [0.2, 0.25) is 0 Å². The van der Waals surface area contributed by atoms with Crippen LogP contribution in [0.25, 0.3) is 0 Å². The smallest absolute Gasteiger partial charge is 0.143 e. The molecule has 0 saturated carbocycles. The third kappa shape index (κ3) is 7.36. The molecule has 0 unspecified atom stereocenters. The summed E-state index contributed by atoms with van der Waals surface area (Å²) in [4.78, 5) is 12.2. The molecule has 0 radical (unpaired) electrons. The predicted molar refractivity (Wildman–Crippen MR) is 80.1 cm³/mol. The van der Waals surface area contributed by atoms with Crippen LogP contribution in [0.1, 0.15) is 51.9 Å². The van der Waals surface area contributed by atoms with E-state index in [1.807, 2.05) is 0 Å². The number of ketones is 1. The first kappa shape index (κ1) is 16.2. The lowest BCUT2D eigenvalue weighted by atomic mass is 10.1. The molecule has 106 valence electrons. The fourth-order valence-corrected chi connectivity index (χ4v) is 2.74. The first-order valence-electron chi connectivity index (χ1n) is 7.13. The number of halogens is 1. The Morgan fingerprint density at radius 2 is 1.79 bits per heavy atom. The third-order valence-corrected chi connectivity index (χ3v) is 4.14. The van der Waals surface area contributed by atoms with Crippen LogP contribution in [0, 0.1) is 5.82 Å². The number of benzene rings is 1. The Morgan fingerprint density at radius 3 is 2.53 bits per heavy atom. The van der Waals surface area contributed by atoms with Crippen molar-refractivity contribution in [3.05, 3.63) is 30.1 Å². The normalized spacial score (nSPS) is 10.6. The largest absolute Gasteiger partial charge is 0.299 e. The summed E-state index contributed by atoms with van der Waals surface area (Å²) in [5.74, 6) is 0.374. The van der Waals surface area contributed by atoms with Gasteiger partial charge in [0.1, 0.15) is 11.6 Å². The summed E-state index contributed by atoms with van der Waals surface area (Å²) in [6, 6.07) is 6.61. The molecule has 0 aliphatic rings. The van der Waals surface area contributed by atoms with E-state index in [0.717, 1.165) is 12.8 Å². The van der Waals surface area contributed by atoms with Crippen LogP contribution in [0.4, 0.5) is 4.39 Å². The summed E-state index contributed by atoms with van der Waals surface area (Å²) in [7, 11) is 0. The van der Waals surface area contributed by atoms with Crippen molar-refractivity contribution in [1.29, 1.82) is 0 Å². The van der Waals surface area contributed by atoms with Gasteiger partial charge in [-0.15, -0.1) is 11.8 Å². The standard InChI is InChI=1S/C16H23FOS/c1-2-3-4-5-6-7-10-14(18)13-19-16-12-9-8-11-15(16)17/h8-9,11-12H,2-7,10,13H2,1H3. The quantitative estimate of drug-likeness (QED) is 0.431. The van der Waals surface area contributed by atoms with Crippen molar-refractivity contribution in [2.75, 3.05) is 5.75 Å². The van der Waals surface area contributed by atoms with Crippen LogP contribution in [0.5, 0.6) is 0 Å². The van der Waals surface area contributed by atoms with E-state index in [1.165, 1.54) is 43.5 Å². The lowest BCUT2D eigenvalue weighted by Crippen LogP contribution is -2.01. The van der Waals surface area contributed by atoms with Gasteiger partial charge in [-0.1, -0.05) is 51.2 Å². The number of Topliss-reactive ketones (excluding diaryl/α,β-unsaturated/α-hetero) is 1. The summed E-state index contributed by atoms with van der Waals surface area (Å²) < 4.78 is 13.3. The Balaban J connectivity index is 2.10. The third-order valence-electron chi connectivity index (χ3n) is 3.03. The van der Waals surface area contributed by atoms with Crippen LogP contribution in [0.15, 0.2) is 29.2 Å². The predicted octanol–water partition coefficient (Wildman–Crippen LogP) is 5.24. The molecule has 0 aliphatic heterocycles. The monoisotopic (exact) mass is 282 g/mol. The Bertz CT molecular complexity index is 379. The van der Waals surface area contributed by atoms with E-state index in [-0.39, 0.29) is 11.6 Å². The molecule has 1 aromatic rings. The summed E-state index contributed by atoms with van der Waals surface area (Å²) in [5.41, 5.74) is 0. The van der Waals surface area contributed by atoms with Gasteiger partial charge < -0.3 is 0 Å². The molecule has 0 aromatic heterocycles. The number of unbranched alkanes of at least 4 members (excludes halogenated alkanes) is 5. The highest BCUT2D eigenvalue weighted by Crippen LogP contribution is 2.21. The van der Waals surface area contributed by atoms with Gasteiger partial charge in [-0.05, 0) is 18.6 Å². The molecule has 3 heteroatoms. The molecule has 1 aromatic carbocycles. The van der Waals surface area contributed by atoms with E-state index in [9.17, 15) is 9.18 Å². The van der Waals surface area contributed by atoms with Gasteiger partial charge >= 0.3 is 0 Å². The number of carbonyl (C=O) groups excluding carboxylic acids is 1. The maximum absolute atomic E-state index is 13.3. The minimum atomic E-state index is -0.236. The molecule has 0 amide bonds. The average Bonchev–Trinajstić information content (AvgIpc) is 2.42. The van der Waals surface area contributed by atoms with Crippen molar-refractivity contribution in [2.45, 2.75) is 56.8 Å². The van der Waals surface area contributed by atoms with Crippen molar-refractivity contribution in [3.63, 3.8) is 0 Å². The van der Waals surface area contributed by atoms with E-state index >= 15 is 0 Å². The maximum Gasteiger partial charge on any atom is 0.143 e. The summed E-state index contributed by atoms with van der Waals surface area (Å²) in [5, 5.41) is 0. The Kier molecular flexibility index (Phi) is 8.55. The summed E-state index contributed by atoms with van der Waals surface area (Å²) in [6.07, 6.45) is 7.77. The van der Waals surface area contributed by atoms with Gasteiger partial charge in [0.25, 0.3) is 0 Å². The van der Waals surface area contributed by atoms with Gasteiger partial charge in [-0.3, -0.25) is 4.79 Å². The highest BCUT2D eigenvalue weighted by molar-refractivity contribution is 8.00. The molecule has 0 bridgehead atoms. The van der Waals surface area contributed by atoms with Crippen molar-refractivity contribution in [3.8, 4) is 0 Å². The highest BCUT2D eigenvalue weighted by Gasteiger charge is 2.06. The molecule has 1 nitrogen and oxygen atoms in total. The highest BCUT2D eigenvalue weighted by atomic mass is 32.2. The molecule has 0 saturated heterocycles. The number of rotatable bonds is 10. The number of hydrogen-bond acceptors (Lipinski definition) is 2. The average molecular weight is 282 g/mol. The van der Waals surface area contributed by atoms with Crippen LogP contribution in [-0.2, 0) is 4.79 Å². The molecule has 0 spiro atoms. The molecule has 0 fully saturated rings. The molecule has 0 aliphatic carbocycles. The van der Waals surface area contributed by atoms with E-state index in [0.29, 0.717) is 17.1 Å². The Morgan fingerprint density at radius 1 is 1.11 bits per heavy atom. The molecule has 1 rings (SSSR count). The van der Waals surface area contributed by atoms with Crippen molar-refractivity contribution in [2.24, 2.45) is 0 Å². The molecule has 19 heavy (non-hydrogen) atoms. The minimum Gasteiger partial charge on any atom is -0.299 e.